The summed E-state index contributed by atoms with van der Waals surface area (Å²) in [5.74, 6) is 5.38. The van der Waals surface area contributed by atoms with Crippen molar-refractivity contribution in [1.29, 1.82) is 0 Å². The Hall–Kier alpha value is -0.280. The van der Waals surface area contributed by atoms with Gasteiger partial charge in [0.25, 0.3) is 0 Å². The second kappa shape index (κ2) is 18.0. The molecule has 1 heterocycles. The number of nitrogens with one attached hydrogen (secondary N) is 6. The van der Waals surface area contributed by atoms with Crippen LogP contribution in [0.25, 0.3) is 0 Å². The maximum atomic E-state index is 10.4. The molecule has 0 aromatic heterocycles. The predicted molar refractivity (Wildman–Crippen MR) is 201 cm³/mol. The zero-order valence-corrected chi connectivity index (χ0v) is 31.6. The van der Waals surface area contributed by atoms with Crippen LogP contribution in [-0.2, 0) is 0 Å². The molecule has 0 bridgehead atoms. The number of aliphatic hydroxyl groups excluding tert-OH is 1. The minimum Gasteiger partial charge on any atom is -0.393 e. The van der Waals surface area contributed by atoms with Crippen LogP contribution in [0.1, 0.15) is 130 Å². The van der Waals surface area contributed by atoms with E-state index in [1.165, 1.54) is 103 Å². The van der Waals surface area contributed by atoms with Crippen molar-refractivity contribution >= 4 is 0 Å². The van der Waals surface area contributed by atoms with Crippen LogP contribution >= 0.6 is 0 Å². The molecule has 5 aliphatic carbocycles. The van der Waals surface area contributed by atoms with E-state index in [2.05, 4.69) is 52.7 Å². The fourth-order valence-corrected chi connectivity index (χ4v) is 12.9. The molecule has 0 amide bonds. The van der Waals surface area contributed by atoms with Crippen LogP contribution in [0.2, 0.25) is 0 Å². The fourth-order valence-electron chi connectivity index (χ4n) is 12.9. The summed E-state index contributed by atoms with van der Waals surface area (Å²) in [6.07, 6.45) is 22.7. The maximum Gasteiger partial charge on any atom is 0.0543 e. The molecule has 0 radical (unpaired) electrons. The van der Waals surface area contributed by atoms with E-state index >= 15 is 0 Å². The van der Waals surface area contributed by atoms with E-state index in [9.17, 15) is 5.11 Å². The van der Waals surface area contributed by atoms with Crippen molar-refractivity contribution in [3.8, 4) is 0 Å². The van der Waals surface area contributed by atoms with Gasteiger partial charge < -0.3 is 37.0 Å². The SMILES string of the molecule is C[C@H](CCCNCCC[C@H]1CN[C@@H]2CCCC[C@H]2NCCNCCNCCN1)[C@H]1CC[C@H]2[C@@H]3CC[C@@H]4C[C@H](O)CC[C@]4(C)[C@H]3CC[C@]12C. The topological polar surface area (TPSA) is 92.4 Å². The van der Waals surface area contributed by atoms with Crippen LogP contribution in [0.15, 0.2) is 0 Å². The molecule has 6 fully saturated rings. The minimum absolute atomic E-state index is 0.0266. The highest BCUT2D eigenvalue weighted by Gasteiger charge is 2.60. The van der Waals surface area contributed by atoms with E-state index in [0.717, 1.165) is 101 Å². The average Bonchev–Trinajstić information content (AvgIpc) is 3.44. The van der Waals surface area contributed by atoms with Gasteiger partial charge in [-0.3, -0.25) is 0 Å². The molecule has 7 nitrogen and oxygen atoms in total. The second-order valence-corrected chi connectivity index (χ2v) is 18.3. The smallest absolute Gasteiger partial charge is 0.0543 e. The van der Waals surface area contributed by atoms with Crippen LogP contribution in [-0.4, -0.2) is 88.2 Å². The third kappa shape index (κ3) is 9.01. The van der Waals surface area contributed by atoms with E-state index < -0.39 is 0 Å². The van der Waals surface area contributed by atoms with Gasteiger partial charge in [-0.1, -0.05) is 33.6 Å². The lowest BCUT2D eigenvalue weighted by Gasteiger charge is -2.61. The normalized spacial score (nSPS) is 43.9. The standard InChI is InChI=1S/C41H78N6O/c1-30(35-14-15-36-34-13-12-31-28-33(48)16-18-40(31,2)37(34)17-19-41(35,36)3)8-6-20-42-21-7-9-32-29-47-39-11-5-4-10-38(39)46-27-25-44-23-22-43-24-26-45-32/h30-39,42-48H,4-29H2,1-3H3/t30-,31-,32+,33-,34+,35-,36+,37+,38-,39-,40+,41-/m1/s1. The first-order chi connectivity index (χ1) is 23.4. The largest absolute Gasteiger partial charge is 0.393 e. The molecule has 278 valence electrons. The molecular formula is C41H78N6O. The number of hydrogen-bond donors (Lipinski definition) is 7. The first kappa shape index (κ1) is 37.5. The highest BCUT2D eigenvalue weighted by molar-refractivity contribution is 5.09. The Morgan fingerprint density at radius 2 is 1.40 bits per heavy atom. The summed E-state index contributed by atoms with van der Waals surface area (Å²) >= 11 is 0. The molecule has 1 aliphatic heterocycles. The van der Waals surface area contributed by atoms with Gasteiger partial charge in [0.2, 0.25) is 0 Å². The number of fused-ring (bicyclic) bond motifs is 6. The molecule has 0 unspecified atom stereocenters. The van der Waals surface area contributed by atoms with Crippen molar-refractivity contribution in [2.75, 3.05) is 58.9 Å². The van der Waals surface area contributed by atoms with Crippen LogP contribution in [0.5, 0.6) is 0 Å². The van der Waals surface area contributed by atoms with Gasteiger partial charge in [-0.15, -0.1) is 0 Å². The van der Waals surface area contributed by atoms with Gasteiger partial charge in [-0.25, -0.2) is 0 Å². The third-order valence-electron chi connectivity index (χ3n) is 15.6. The zero-order valence-electron chi connectivity index (χ0n) is 31.6. The number of hydrogen-bond acceptors (Lipinski definition) is 7. The molecule has 48 heavy (non-hydrogen) atoms. The summed E-state index contributed by atoms with van der Waals surface area (Å²) in [5, 5.41) is 33.2. The van der Waals surface area contributed by atoms with Gasteiger partial charge in [-0.2, -0.15) is 0 Å². The molecule has 7 heteroatoms. The van der Waals surface area contributed by atoms with Crippen LogP contribution in [0.4, 0.5) is 0 Å². The van der Waals surface area contributed by atoms with E-state index in [4.69, 9.17) is 0 Å². The Labute approximate surface area is 295 Å². The van der Waals surface area contributed by atoms with Gasteiger partial charge in [0.05, 0.1) is 6.10 Å². The van der Waals surface area contributed by atoms with Crippen molar-refractivity contribution in [2.45, 2.75) is 154 Å². The van der Waals surface area contributed by atoms with Crippen molar-refractivity contribution in [3.05, 3.63) is 0 Å². The van der Waals surface area contributed by atoms with Crippen LogP contribution in [0, 0.1) is 46.3 Å². The van der Waals surface area contributed by atoms with E-state index in [-0.39, 0.29) is 6.10 Å². The molecule has 7 N–H and O–H groups in total. The van der Waals surface area contributed by atoms with Crippen molar-refractivity contribution < 1.29 is 5.11 Å². The fraction of sp³-hybridized carbons (Fsp3) is 1.00. The summed E-state index contributed by atoms with van der Waals surface area (Å²) < 4.78 is 0. The first-order valence-electron chi connectivity index (χ1n) is 21.4. The molecule has 5 saturated carbocycles. The molecular weight excluding hydrogens is 592 g/mol. The van der Waals surface area contributed by atoms with Crippen LogP contribution in [0.3, 0.4) is 0 Å². The van der Waals surface area contributed by atoms with Crippen molar-refractivity contribution in [1.82, 2.24) is 31.9 Å². The predicted octanol–water partition coefficient (Wildman–Crippen LogP) is 5.43. The summed E-state index contributed by atoms with van der Waals surface area (Å²) in [6, 6.07) is 1.79. The highest BCUT2D eigenvalue weighted by Crippen LogP contribution is 2.68. The minimum atomic E-state index is -0.0266. The molecule has 6 aliphatic rings. The zero-order chi connectivity index (χ0) is 33.4. The monoisotopic (exact) mass is 671 g/mol. The average molecular weight is 671 g/mol. The Bertz CT molecular complexity index is 952. The Morgan fingerprint density at radius 1 is 0.708 bits per heavy atom. The second-order valence-electron chi connectivity index (χ2n) is 18.3. The quantitative estimate of drug-likeness (QED) is 0.165. The van der Waals surface area contributed by atoms with E-state index in [1.807, 2.05) is 0 Å². The lowest BCUT2D eigenvalue weighted by atomic mass is 9.44. The van der Waals surface area contributed by atoms with Crippen molar-refractivity contribution in [3.63, 3.8) is 0 Å². The molecule has 12 atom stereocenters. The Kier molecular flexibility index (Phi) is 14.0. The summed E-state index contributed by atoms with van der Waals surface area (Å²) in [4.78, 5) is 0. The summed E-state index contributed by atoms with van der Waals surface area (Å²) in [7, 11) is 0. The molecule has 6 rings (SSSR count). The molecule has 0 aromatic rings. The maximum absolute atomic E-state index is 10.4. The Balaban J connectivity index is 0.898. The van der Waals surface area contributed by atoms with Gasteiger partial charge in [0.15, 0.2) is 0 Å². The molecule has 0 aromatic carbocycles. The number of rotatable bonds is 9. The van der Waals surface area contributed by atoms with Gasteiger partial charge in [-0.05, 0) is 156 Å². The highest BCUT2D eigenvalue weighted by atomic mass is 16.3. The number of aliphatic hydroxyl groups is 1. The van der Waals surface area contributed by atoms with Crippen molar-refractivity contribution in [2.24, 2.45) is 46.3 Å². The van der Waals surface area contributed by atoms with E-state index in [0.29, 0.717) is 29.0 Å². The van der Waals surface area contributed by atoms with E-state index in [1.54, 1.807) is 0 Å². The lowest BCUT2D eigenvalue weighted by molar-refractivity contribution is -0.129. The van der Waals surface area contributed by atoms with Gasteiger partial charge in [0.1, 0.15) is 0 Å². The third-order valence-corrected chi connectivity index (χ3v) is 15.6. The first-order valence-corrected chi connectivity index (χ1v) is 21.4. The van der Waals surface area contributed by atoms with Crippen LogP contribution < -0.4 is 31.9 Å². The van der Waals surface area contributed by atoms with Gasteiger partial charge >= 0.3 is 0 Å². The summed E-state index contributed by atoms with van der Waals surface area (Å²) in [5.41, 5.74) is 1.07. The molecule has 0 spiro atoms. The lowest BCUT2D eigenvalue weighted by Crippen LogP contribution is -2.54. The Morgan fingerprint density at radius 3 is 2.21 bits per heavy atom. The van der Waals surface area contributed by atoms with Gasteiger partial charge in [0, 0.05) is 63.9 Å². The summed E-state index contributed by atoms with van der Waals surface area (Å²) in [6.45, 7) is 17.7. The molecule has 1 saturated heterocycles.